The van der Waals surface area contributed by atoms with E-state index in [0.29, 0.717) is 10.9 Å². The van der Waals surface area contributed by atoms with Gasteiger partial charge in [-0.15, -0.1) is 0 Å². The molecule has 0 spiro atoms. The van der Waals surface area contributed by atoms with E-state index in [1.54, 1.807) is 24.6 Å². The first-order chi connectivity index (χ1) is 9.97. The maximum atomic E-state index is 2.36. The molecule has 0 aliphatic rings. The van der Waals surface area contributed by atoms with Gasteiger partial charge in [0.2, 0.25) is 0 Å². The number of hydrogen-bond acceptors (Lipinski definition) is 0. The van der Waals surface area contributed by atoms with Crippen molar-refractivity contribution >= 4 is 18.2 Å². The molecule has 0 atom stereocenters. The van der Waals surface area contributed by atoms with Crippen molar-refractivity contribution in [1.82, 2.24) is 0 Å². The van der Waals surface area contributed by atoms with Crippen LogP contribution in [0.5, 0.6) is 0 Å². The summed E-state index contributed by atoms with van der Waals surface area (Å²) in [5, 5.41) is 0. The van der Waals surface area contributed by atoms with Crippen LogP contribution in [-0.4, -0.2) is 43.4 Å². The van der Waals surface area contributed by atoms with Crippen LogP contribution in [0.4, 0.5) is 0 Å². The molecule has 0 nitrogen and oxygen atoms in total. The monoisotopic (exact) mass is 337 g/mol. The SMILES string of the molecule is CCCC[PH](CCCC)(CCCC)CCCC.C[S+](C)C. The fourth-order valence-corrected chi connectivity index (χ4v) is 8.87. The molecule has 0 fully saturated rings. The van der Waals surface area contributed by atoms with Crippen molar-refractivity contribution < 1.29 is 0 Å². The quantitative estimate of drug-likeness (QED) is 0.284. The van der Waals surface area contributed by atoms with Crippen molar-refractivity contribution in [3.63, 3.8) is 0 Å². The van der Waals surface area contributed by atoms with Crippen molar-refractivity contribution in [1.29, 1.82) is 0 Å². The Kier molecular flexibility index (Phi) is 19.6. The van der Waals surface area contributed by atoms with E-state index in [9.17, 15) is 0 Å². The van der Waals surface area contributed by atoms with Gasteiger partial charge in [-0.1, -0.05) is 0 Å². The van der Waals surface area contributed by atoms with Crippen LogP contribution in [0.15, 0.2) is 0 Å². The Morgan fingerprint density at radius 1 is 0.524 bits per heavy atom. The van der Waals surface area contributed by atoms with Crippen LogP contribution in [0.2, 0.25) is 0 Å². The van der Waals surface area contributed by atoms with Crippen LogP contribution in [0.25, 0.3) is 0 Å². The average molecular weight is 338 g/mol. The van der Waals surface area contributed by atoms with Gasteiger partial charge in [-0.25, -0.2) is 0 Å². The summed E-state index contributed by atoms with van der Waals surface area (Å²) >= 11 is 0. The molecule has 132 valence electrons. The van der Waals surface area contributed by atoms with Gasteiger partial charge in [-0.2, -0.15) is 0 Å². The molecule has 0 amide bonds. The van der Waals surface area contributed by atoms with Gasteiger partial charge in [0.15, 0.2) is 0 Å². The molecule has 0 radical (unpaired) electrons. The van der Waals surface area contributed by atoms with Gasteiger partial charge < -0.3 is 0 Å². The maximum absolute atomic E-state index is 2.36. The Labute approximate surface area is 140 Å². The van der Waals surface area contributed by atoms with E-state index >= 15 is 0 Å². The van der Waals surface area contributed by atoms with Crippen molar-refractivity contribution in [3.05, 3.63) is 0 Å². The zero-order valence-electron chi connectivity index (χ0n) is 16.4. The minimum absolute atomic E-state index is 0.639. The second kappa shape index (κ2) is 17.1. The molecular weight excluding hydrogens is 291 g/mol. The zero-order valence-corrected chi connectivity index (χ0v) is 18.2. The first-order valence-electron chi connectivity index (χ1n) is 9.47. The van der Waals surface area contributed by atoms with Crippen LogP contribution in [0.1, 0.15) is 79.1 Å². The van der Waals surface area contributed by atoms with E-state index < -0.39 is 7.26 Å². The Morgan fingerprint density at radius 2 is 0.714 bits per heavy atom. The molecule has 0 aromatic carbocycles. The third-order valence-electron chi connectivity index (χ3n) is 4.24. The number of hydrogen-bond donors (Lipinski definition) is 0. The summed E-state index contributed by atoms with van der Waals surface area (Å²) in [6.45, 7) is 9.44. The molecule has 0 bridgehead atoms. The zero-order chi connectivity index (χ0) is 16.6. The first kappa shape index (κ1) is 24.0. The summed E-state index contributed by atoms with van der Waals surface area (Å²) < 4.78 is 0. The molecule has 21 heavy (non-hydrogen) atoms. The molecule has 0 aromatic heterocycles. The molecule has 0 saturated carbocycles. The smallest absolute Gasteiger partial charge is 0.0219 e. The van der Waals surface area contributed by atoms with Crippen LogP contribution < -0.4 is 0 Å². The van der Waals surface area contributed by atoms with Gasteiger partial charge in [0.1, 0.15) is 0 Å². The summed E-state index contributed by atoms with van der Waals surface area (Å²) in [4.78, 5) is 0. The van der Waals surface area contributed by atoms with Crippen LogP contribution >= 0.6 is 7.26 Å². The van der Waals surface area contributed by atoms with E-state index in [1.807, 2.05) is 0 Å². The van der Waals surface area contributed by atoms with E-state index in [1.165, 1.54) is 51.4 Å². The molecule has 0 N–H and O–H groups in total. The fraction of sp³-hybridized carbons (Fsp3) is 1.00. The predicted octanol–water partition coefficient (Wildman–Crippen LogP) is 6.43. The molecule has 0 aliphatic heterocycles. The first-order valence-corrected chi connectivity index (χ1v) is 14.7. The Hall–Kier alpha value is 0.780. The molecule has 0 heterocycles. The van der Waals surface area contributed by atoms with Gasteiger partial charge in [-0.3, -0.25) is 0 Å². The van der Waals surface area contributed by atoms with Crippen LogP contribution in [0.3, 0.4) is 0 Å². The van der Waals surface area contributed by atoms with Gasteiger partial charge in [0.05, 0.1) is 18.8 Å². The molecule has 0 unspecified atom stereocenters. The topological polar surface area (TPSA) is 0 Å². The summed E-state index contributed by atoms with van der Waals surface area (Å²) in [6.07, 6.45) is 24.7. The largest absolute Gasteiger partial charge is 0.0969 e. The summed E-state index contributed by atoms with van der Waals surface area (Å²) in [6, 6.07) is 0. The van der Waals surface area contributed by atoms with E-state index in [2.05, 4.69) is 46.5 Å². The molecule has 0 aliphatic carbocycles. The van der Waals surface area contributed by atoms with Gasteiger partial charge in [-0.05, 0) is 10.9 Å². The van der Waals surface area contributed by atoms with Gasteiger partial charge in [0, 0.05) is 0 Å². The Balaban J connectivity index is 0. The molecule has 0 saturated heterocycles. The van der Waals surface area contributed by atoms with Gasteiger partial charge >= 0.3 is 111 Å². The predicted molar refractivity (Wildman–Crippen MR) is 113 cm³/mol. The minimum Gasteiger partial charge on any atom is -0.0219 e. The molecular formula is C19H46PS+. The second-order valence-corrected chi connectivity index (χ2v) is 14.6. The normalized spacial score (nSPS) is 12.2. The van der Waals surface area contributed by atoms with Crippen molar-refractivity contribution in [2.24, 2.45) is 0 Å². The summed E-state index contributed by atoms with van der Waals surface area (Å²) in [5.41, 5.74) is 0. The summed E-state index contributed by atoms with van der Waals surface area (Å²) in [7, 11) is -0.241. The third-order valence-corrected chi connectivity index (χ3v) is 9.90. The van der Waals surface area contributed by atoms with Crippen molar-refractivity contribution in [3.8, 4) is 0 Å². The molecule has 0 rings (SSSR count). The Bertz CT molecular complexity index is 152. The van der Waals surface area contributed by atoms with Gasteiger partial charge in [0.25, 0.3) is 0 Å². The van der Waals surface area contributed by atoms with E-state index in [4.69, 9.17) is 0 Å². The van der Waals surface area contributed by atoms with Crippen molar-refractivity contribution in [2.45, 2.75) is 79.1 Å². The van der Waals surface area contributed by atoms with Crippen molar-refractivity contribution in [2.75, 3.05) is 43.4 Å². The standard InChI is InChI=1S/C16H37P.C3H9S/c1-5-9-13-17(14-10-6-2,15-11-7-3)16-12-8-4;1-4(2)3/h17H,5-16H2,1-4H3;1-3H3/q;+1. The minimum atomic E-state index is -0.879. The molecule has 0 aromatic rings. The van der Waals surface area contributed by atoms with E-state index in [0.717, 1.165) is 0 Å². The maximum Gasteiger partial charge on any atom is 0.0969 e. The average Bonchev–Trinajstić information content (AvgIpc) is 2.45. The molecule has 2 heteroatoms. The Morgan fingerprint density at radius 3 is 0.857 bits per heavy atom. The summed E-state index contributed by atoms with van der Waals surface area (Å²) in [5.74, 6) is 0. The van der Waals surface area contributed by atoms with Crippen LogP contribution in [-0.2, 0) is 10.9 Å². The fourth-order valence-electron chi connectivity index (χ4n) is 2.96. The van der Waals surface area contributed by atoms with Crippen LogP contribution in [0, 0.1) is 0 Å². The number of unbranched alkanes of at least 4 members (excludes halogenated alkanes) is 4. The second-order valence-electron chi connectivity index (χ2n) is 7.14. The van der Waals surface area contributed by atoms with E-state index in [-0.39, 0.29) is 0 Å². The third kappa shape index (κ3) is 17.0. The number of rotatable bonds is 12.